The van der Waals surface area contributed by atoms with Gasteiger partial charge < -0.3 is 10.5 Å². The molecule has 0 bridgehead atoms. The molecule has 20 heavy (non-hydrogen) atoms. The number of ether oxygens (including phenoxy) is 1. The molecule has 3 N–H and O–H groups in total. The van der Waals surface area contributed by atoms with Crippen LogP contribution in [0.4, 0.5) is 4.39 Å². The third-order valence-corrected chi connectivity index (χ3v) is 4.40. The Morgan fingerprint density at radius 2 is 2.15 bits per heavy atom. The number of methoxy groups -OCH3 is 1. The van der Waals surface area contributed by atoms with Crippen molar-refractivity contribution in [1.29, 1.82) is 0 Å². The lowest BCUT2D eigenvalue weighted by Crippen LogP contribution is -2.38. The number of halogens is 1. The molecule has 0 aromatic heterocycles. The molecule has 5 nitrogen and oxygen atoms in total. The van der Waals surface area contributed by atoms with Crippen LogP contribution in [0.15, 0.2) is 23.1 Å². The standard InChI is InChI=1S/C13H21FN2O3S/c1-3-4-11(9-19-2)16-20(17,18)13-6-5-10(8-15)7-12(13)14/h5-7,11,16H,3-4,8-9,15H2,1-2H3. The summed E-state index contributed by atoms with van der Waals surface area (Å²) < 4.78 is 45.6. The van der Waals surface area contributed by atoms with Crippen LogP contribution < -0.4 is 10.5 Å². The van der Waals surface area contributed by atoms with Crippen LogP contribution >= 0.6 is 0 Å². The van der Waals surface area contributed by atoms with E-state index in [1.807, 2.05) is 6.92 Å². The van der Waals surface area contributed by atoms with Crippen LogP contribution in [-0.2, 0) is 21.3 Å². The van der Waals surface area contributed by atoms with Crippen molar-refractivity contribution in [1.82, 2.24) is 4.72 Å². The Kier molecular flexibility index (Phi) is 6.54. The molecule has 1 atom stereocenters. The van der Waals surface area contributed by atoms with Crippen LogP contribution in [0.1, 0.15) is 25.3 Å². The number of nitrogens with one attached hydrogen (secondary N) is 1. The number of hydrogen-bond acceptors (Lipinski definition) is 4. The minimum Gasteiger partial charge on any atom is -0.383 e. The van der Waals surface area contributed by atoms with Crippen LogP contribution in [0.25, 0.3) is 0 Å². The van der Waals surface area contributed by atoms with Crippen molar-refractivity contribution in [3.05, 3.63) is 29.6 Å². The van der Waals surface area contributed by atoms with Crippen LogP contribution in [0.2, 0.25) is 0 Å². The Balaban J connectivity index is 2.97. The molecule has 0 amide bonds. The first-order valence-electron chi connectivity index (χ1n) is 6.44. The zero-order chi connectivity index (χ0) is 15.2. The van der Waals surface area contributed by atoms with Gasteiger partial charge in [0.05, 0.1) is 6.61 Å². The summed E-state index contributed by atoms with van der Waals surface area (Å²) in [6.45, 7) is 2.34. The molecule has 7 heteroatoms. The van der Waals surface area contributed by atoms with Crippen molar-refractivity contribution in [2.24, 2.45) is 5.73 Å². The van der Waals surface area contributed by atoms with E-state index in [1.165, 1.54) is 19.2 Å². The molecule has 1 aromatic rings. The van der Waals surface area contributed by atoms with Gasteiger partial charge in [-0.25, -0.2) is 17.5 Å². The predicted molar refractivity (Wildman–Crippen MR) is 75.2 cm³/mol. The number of sulfonamides is 1. The molecule has 0 radical (unpaired) electrons. The Hall–Kier alpha value is -1.02. The van der Waals surface area contributed by atoms with Crippen molar-refractivity contribution in [3.8, 4) is 0 Å². The molecule has 1 unspecified atom stereocenters. The van der Waals surface area contributed by atoms with Crippen molar-refractivity contribution in [3.63, 3.8) is 0 Å². The molecule has 0 aliphatic rings. The summed E-state index contributed by atoms with van der Waals surface area (Å²) in [6, 6.07) is 3.50. The lowest BCUT2D eigenvalue weighted by Gasteiger charge is -2.17. The molecule has 0 saturated heterocycles. The summed E-state index contributed by atoms with van der Waals surface area (Å²) in [5, 5.41) is 0. The number of hydrogen-bond donors (Lipinski definition) is 2. The number of benzene rings is 1. The molecule has 0 aliphatic carbocycles. The van der Waals surface area contributed by atoms with E-state index in [2.05, 4.69) is 4.72 Å². The smallest absolute Gasteiger partial charge is 0.243 e. The molecule has 0 saturated carbocycles. The van der Waals surface area contributed by atoms with Gasteiger partial charge in [0, 0.05) is 19.7 Å². The third-order valence-electron chi connectivity index (χ3n) is 2.85. The minimum atomic E-state index is -3.91. The fourth-order valence-electron chi connectivity index (χ4n) is 1.90. The van der Waals surface area contributed by atoms with Gasteiger partial charge in [0.2, 0.25) is 10.0 Å². The van der Waals surface area contributed by atoms with Gasteiger partial charge in [0.15, 0.2) is 0 Å². The highest BCUT2D eigenvalue weighted by atomic mass is 32.2. The highest BCUT2D eigenvalue weighted by molar-refractivity contribution is 7.89. The van der Waals surface area contributed by atoms with Crippen molar-refractivity contribution in [2.45, 2.75) is 37.2 Å². The van der Waals surface area contributed by atoms with E-state index in [1.54, 1.807) is 0 Å². The largest absolute Gasteiger partial charge is 0.383 e. The van der Waals surface area contributed by atoms with E-state index < -0.39 is 15.8 Å². The molecule has 0 aliphatic heterocycles. The van der Waals surface area contributed by atoms with Gasteiger partial charge in [-0.15, -0.1) is 0 Å². The highest BCUT2D eigenvalue weighted by Crippen LogP contribution is 2.17. The molecule has 0 fully saturated rings. The second-order valence-electron chi connectivity index (χ2n) is 4.53. The fourth-order valence-corrected chi connectivity index (χ4v) is 3.21. The summed E-state index contributed by atoms with van der Waals surface area (Å²) in [4.78, 5) is -0.369. The monoisotopic (exact) mass is 304 g/mol. The maximum atomic E-state index is 13.8. The Labute approximate surface area is 119 Å². The van der Waals surface area contributed by atoms with Crippen LogP contribution in [0.5, 0.6) is 0 Å². The predicted octanol–water partition coefficient (Wildman–Crippen LogP) is 1.38. The van der Waals surface area contributed by atoms with E-state index in [4.69, 9.17) is 10.5 Å². The van der Waals surface area contributed by atoms with Crippen LogP contribution in [-0.4, -0.2) is 28.2 Å². The van der Waals surface area contributed by atoms with Gasteiger partial charge in [-0.1, -0.05) is 19.4 Å². The van der Waals surface area contributed by atoms with E-state index in [0.717, 1.165) is 12.5 Å². The first-order chi connectivity index (χ1) is 9.44. The summed E-state index contributed by atoms with van der Waals surface area (Å²) in [5.74, 6) is -0.798. The molecule has 1 rings (SSSR count). The second kappa shape index (κ2) is 7.68. The van der Waals surface area contributed by atoms with Gasteiger partial charge in [-0.2, -0.15) is 0 Å². The van der Waals surface area contributed by atoms with Gasteiger partial charge in [0.25, 0.3) is 0 Å². The zero-order valence-electron chi connectivity index (χ0n) is 11.7. The third kappa shape index (κ3) is 4.52. The summed E-state index contributed by atoms with van der Waals surface area (Å²) in [7, 11) is -2.41. The van der Waals surface area contributed by atoms with E-state index in [0.29, 0.717) is 12.0 Å². The second-order valence-corrected chi connectivity index (χ2v) is 6.21. The maximum Gasteiger partial charge on any atom is 0.243 e. The summed E-state index contributed by atoms with van der Waals surface area (Å²) in [5.41, 5.74) is 5.93. The first-order valence-corrected chi connectivity index (χ1v) is 7.92. The molecular weight excluding hydrogens is 283 g/mol. The normalized spacial score (nSPS) is 13.4. The van der Waals surface area contributed by atoms with Crippen molar-refractivity contribution < 1.29 is 17.5 Å². The minimum absolute atomic E-state index is 0.160. The van der Waals surface area contributed by atoms with Gasteiger partial charge in [-0.05, 0) is 24.1 Å². The Bertz CT molecular complexity index is 528. The molecule has 1 aromatic carbocycles. The lowest BCUT2D eigenvalue weighted by molar-refractivity contribution is 0.171. The molecule has 0 heterocycles. The average Bonchev–Trinajstić information content (AvgIpc) is 2.38. The maximum absolute atomic E-state index is 13.8. The average molecular weight is 304 g/mol. The fraction of sp³-hybridized carbons (Fsp3) is 0.538. The summed E-state index contributed by atoms with van der Waals surface area (Å²) >= 11 is 0. The van der Waals surface area contributed by atoms with Gasteiger partial charge >= 0.3 is 0 Å². The lowest BCUT2D eigenvalue weighted by atomic mass is 10.2. The Morgan fingerprint density at radius 3 is 2.65 bits per heavy atom. The van der Waals surface area contributed by atoms with Crippen molar-refractivity contribution >= 4 is 10.0 Å². The van der Waals surface area contributed by atoms with Gasteiger partial charge in [-0.3, -0.25) is 0 Å². The zero-order valence-corrected chi connectivity index (χ0v) is 12.5. The van der Waals surface area contributed by atoms with Gasteiger partial charge in [0.1, 0.15) is 10.7 Å². The van der Waals surface area contributed by atoms with E-state index in [-0.39, 0.29) is 24.1 Å². The van der Waals surface area contributed by atoms with Crippen LogP contribution in [0, 0.1) is 5.82 Å². The van der Waals surface area contributed by atoms with Crippen LogP contribution in [0.3, 0.4) is 0 Å². The molecule has 0 spiro atoms. The number of rotatable bonds is 8. The van der Waals surface area contributed by atoms with E-state index in [9.17, 15) is 12.8 Å². The molecular formula is C13H21FN2O3S. The SMILES string of the molecule is CCCC(COC)NS(=O)(=O)c1ccc(CN)cc1F. The molecule has 114 valence electrons. The van der Waals surface area contributed by atoms with Crippen molar-refractivity contribution in [2.75, 3.05) is 13.7 Å². The summed E-state index contributed by atoms with van der Waals surface area (Å²) in [6.07, 6.45) is 1.42. The topological polar surface area (TPSA) is 81.4 Å². The highest BCUT2D eigenvalue weighted by Gasteiger charge is 2.23. The Morgan fingerprint density at radius 1 is 1.45 bits per heavy atom. The number of nitrogens with two attached hydrogens (primary N) is 1. The van der Waals surface area contributed by atoms with E-state index >= 15 is 0 Å². The quantitative estimate of drug-likeness (QED) is 0.760. The first kappa shape index (κ1) is 17.0.